The van der Waals surface area contributed by atoms with Crippen molar-refractivity contribution in [2.24, 2.45) is 0 Å². The number of fused-ring (bicyclic) bond motifs is 1. The number of benzene rings is 2. The van der Waals surface area contributed by atoms with Gasteiger partial charge >= 0.3 is 0 Å². The van der Waals surface area contributed by atoms with Crippen molar-refractivity contribution in [1.82, 2.24) is 25.7 Å². The lowest BCUT2D eigenvalue weighted by atomic mass is 10.0. The van der Waals surface area contributed by atoms with Gasteiger partial charge in [-0.25, -0.2) is 15.8 Å². The second kappa shape index (κ2) is 7.92. The van der Waals surface area contributed by atoms with Crippen LogP contribution in [0.3, 0.4) is 0 Å². The summed E-state index contributed by atoms with van der Waals surface area (Å²) in [6.45, 7) is 2.72. The Kier molecular flexibility index (Phi) is 5.18. The zero-order valence-corrected chi connectivity index (χ0v) is 15.7. The Balaban J connectivity index is 1.48. The lowest BCUT2D eigenvalue weighted by Gasteiger charge is -2.23. The fourth-order valence-electron chi connectivity index (χ4n) is 3.58. The molecule has 0 spiro atoms. The van der Waals surface area contributed by atoms with Crippen molar-refractivity contribution in [1.29, 1.82) is 0 Å². The van der Waals surface area contributed by atoms with Crippen LogP contribution in [0.2, 0.25) is 0 Å². The van der Waals surface area contributed by atoms with Gasteiger partial charge in [-0.15, -0.1) is 0 Å². The maximum Gasteiger partial charge on any atom is 0.258 e. The van der Waals surface area contributed by atoms with E-state index in [-0.39, 0.29) is 30.1 Å². The fraction of sp³-hybridized carbons (Fsp3) is 0.286. The SMILES string of the molecule is CCN(Cc1nc2ccccc2c(=O)[nH]1)C(=O)C1CC(c2ccccc2)NN1. The maximum absolute atomic E-state index is 13.0. The number of nitrogens with one attached hydrogen (secondary N) is 3. The Morgan fingerprint density at radius 2 is 1.86 bits per heavy atom. The molecule has 28 heavy (non-hydrogen) atoms. The third kappa shape index (κ3) is 3.67. The van der Waals surface area contributed by atoms with Gasteiger partial charge in [0.2, 0.25) is 5.91 Å². The molecule has 0 radical (unpaired) electrons. The predicted octanol–water partition coefficient (Wildman–Crippen LogP) is 1.88. The number of aromatic amines is 1. The Morgan fingerprint density at radius 3 is 2.64 bits per heavy atom. The molecule has 0 aliphatic carbocycles. The molecule has 2 heterocycles. The van der Waals surface area contributed by atoms with E-state index >= 15 is 0 Å². The van der Waals surface area contributed by atoms with Crippen LogP contribution in [-0.2, 0) is 11.3 Å². The van der Waals surface area contributed by atoms with Crippen molar-refractivity contribution >= 4 is 16.8 Å². The summed E-state index contributed by atoms with van der Waals surface area (Å²) >= 11 is 0. The zero-order valence-electron chi connectivity index (χ0n) is 15.7. The van der Waals surface area contributed by atoms with Crippen molar-refractivity contribution < 1.29 is 4.79 Å². The number of H-pyrrole nitrogens is 1. The first kappa shape index (κ1) is 18.3. The summed E-state index contributed by atoms with van der Waals surface area (Å²) in [4.78, 5) is 34.3. The Morgan fingerprint density at radius 1 is 1.11 bits per heavy atom. The minimum atomic E-state index is -0.322. The molecule has 1 aliphatic heterocycles. The molecule has 1 saturated heterocycles. The molecule has 144 valence electrons. The average Bonchev–Trinajstić information content (AvgIpc) is 3.22. The van der Waals surface area contributed by atoms with E-state index in [2.05, 4.69) is 20.8 Å². The molecule has 1 aliphatic rings. The molecular weight excluding hydrogens is 354 g/mol. The average molecular weight is 377 g/mol. The highest BCUT2D eigenvalue weighted by Crippen LogP contribution is 2.23. The van der Waals surface area contributed by atoms with Gasteiger partial charge in [-0.3, -0.25) is 9.59 Å². The third-order valence-corrected chi connectivity index (χ3v) is 5.10. The molecule has 1 fully saturated rings. The van der Waals surface area contributed by atoms with Crippen LogP contribution in [-0.4, -0.2) is 33.4 Å². The fourth-order valence-corrected chi connectivity index (χ4v) is 3.58. The van der Waals surface area contributed by atoms with Gasteiger partial charge in [0, 0.05) is 12.6 Å². The number of carbonyl (C=O) groups excluding carboxylic acids is 1. The lowest BCUT2D eigenvalue weighted by Crippen LogP contribution is -2.45. The summed E-state index contributed by atoms with van der Waals surface area (Å²) in [5, 5.41) is 0.549. The largest absolute Gasteiger partial charge is 0.334 e. The van der Waals surface area contributed by atoms with Crippen LogP contribution in [0.5, 0.6) is 0 Å². The van der Waals surface area contributed by atoms with E-state index in [0.717, 1.165) is 5.56 Å². The van der Waals surface area contributed by atoms with Crippen LogP contribution in [0, 0.1) is 0 Å². The normalized spacial score (nSPS) is 19.0. The Hall–Kier alpha value is -3.03. The van der Waals surface area contributed by atoms with Crippen molar-refractivity contribution in [2.45, 2.75) is 32.0 Å². The van der Waals surface area contributed by atoms with E-state index < -0.39 is 0 Å². The van der Waals surface area contributed by atoms with Gasteiger partial charge in [0.1, 0.15) is 11.9 Å². The molecule has 2 atom stereocenters. The lowest BCUT2D eigenvalue weighted by molar-refractivity contribution is -0.133. The first-order valence-electron chi connectivity index (χ1n) is 9.48. The van der Waals surface area contributed by atoms with Gasteiger partial charge in [0.05, 0.1) is 17.4 Å². The van der Waals surface area contributed by atoms with Crippen LogP contribution >= 0.6 is 0 Å². The summed E-state index contributed by atoms with van der Waals surface area (Å²) in [6.07, 6.45) is 0.668. The molecule has 3 aromatic rings. The standard InChI is InChI=1S/C21H23N5O2/c1-2-26(13-19-22-16-11-7-6-10-15(16)20(27)23-19)21(28)18-12-17(24-25-18)14-8-4-3-5-9-14/h3-11,17-18,24-25H,2,12-13H2,1H3,(H,22,23,27). The summed E-state index contributed by atoms with van der Waals surface area (Å²) in [5.41, 5.74) is 7.92. The van der Waals surface area contributed by atoms with E-state index in [1.54, 1.807) is 17.0 Å². The highest BCUT2D eigenvalue weighted by molar-refractivity contribution is 5.82. The minimum Gasteiger partial charge on any atom is -0.334 e. The third-order valence-electron chi connectivity index (χ3n) is 5.10. The number of amides is 1. The van der Waals surface area contributed by atoms with E-state index in [0.29, 0.717) is 29.7 Å². The minimum absolute atomic E-state index is 0.00996. The van der Waals surface area contributed by atoms with Gasteiger partial charge in [0.25, 0.3) is 5.56 Å². The number of nitrogens with zero attached hydrogens (tertiary/aromatic N) is 2. The van der Waals surface area contributed by atoms with Crippen molar-refractivity contribution in [2.75, 3.05) is 6.54 Å². The number of aromatic nitrogens is 2. The van der Waals surface area contributed by atoms with Crippen molar-refractivity contribution in [3.05, 3.63) is 76.3 Å². The van der Waals surface area contributed by atoms with Crippen LogP contribution in [0.15, 0.2) is 59.4 Å². The summed E-state index contributed by atoms with van der Waals surface area (Å²) in [7, 11) is 0. The number of likely N-dealkylation sites (N-methyl/N-ethyl adjacent to an activating group) is 1. The van der Waals surface area contributed by atoms with Crippen LogP contribution in [0.1, 0.15) is 30.8 Å². The van der Waals surface area contributed by atoms with Gasteiger partial charge in [-0.1, -0.05) is 42.5 Å². The summed E-state index contributed by atoms with van der Waals surface area (Å²) in [5.74, 6) is 0.480. The first-order valence-corrected chi connectivity index (χ1v) is 9.48. The highest BCUT2D eigenvalue weighted by atomic mass is 16.2. The molecule has 1 aromatic heterocycles. The van der Waals surface area contributed by atoms with Gasteiger partial charge < -0.3 is 9.88 Å². The number of carbonyl (C=O) groups is 1. The van der Waals surface area contributed by atoms with Crippen LogP contribution < -0.4 is 16.4 Å². The molecule has 1 amide bonds. The number of hydrazine groups is 1. The smallest absolute Gasteiger partial charge is 0.258 e. The van der Waals surface area contributed by atoms with Crippen LogP contribution in [0.25, 0.3) is 10.9 Å². The number of hydrogen-bond acceptors (Lipinski definition) is 5. The molecule has 3 N–H and O–H groups in total. The van der Waals surface area contributed by atoms with Crippen LogP contribution in [0.4, 0.5) is 0 Å². The molecule has 4 rings (SSSR count). The maximum atomic E-state index is 13.0. The van der Waals surface area contributed by atoms with E-state index in [1.807, 2.05) is 49.4 Å². The molecular formula is C21H23N5O2. The Labute approximate surface area is 162 Å². The molecule has 7 heteroatoms. The topological polar surface area (TPSA) is 90.1 Å². The monoisotopic (exact) mass is 377 g/mol. The highest BCUT2D eigenvalue weighted by Gasteiger charge is 2.32. The number of rotatable bonds is 5. The Bertz CT molecular complexity index is 1030. The summed E-state index contributed by atoms with van der Waals surface area (Å²) in [6, 6.07) is 17.0. The molecule has 0 bridgehead atoms. The number of hydrogen-bond donors (Lipinski definition) is 3. The van der Waals surface area contributed by atoms with Crippen molar-refractivity contribution in [3.63, 3.8) is 0 Å². The molecule has 0 saturated carbocycles. The molecule has 2 aromatic carbocycles. The molecule has 2 unspecified atom stereocenters. The van der Waals surface area contributed by atoms with E-state index in [4.69, 9.17) is 0 Å². The number of para-hydroxylation sites is 1. The quantitative estimate of drug-likeness (QED) is 0.632. The predicted molar refractivity (Wildman–Crippen MR) is 107 cm³/mol. The van der Waals surface area contributed by atoms with Crippen molar-refractivity contribution in [3.8, 4) is 0 Å². The van der Waals surface area contributed by atoms with Gasteiger partial charge in [0.15, 0.2) is 0 Å². The van der Waals surface area contributed by atoms with E-state index in [9.17, 15) is 9.59 Å². The second-order valence-corrected chi connectivity index (χ2v) is 6.92. The van der Waals surface area contributed by atoms with Gasteiger partial charge in [-0.05, 0) is 31.0 Å². The molecule has 7 nitrogen and oxygen atoms in total. The summed E-state index contributed by atoms with van der Waals surface area (Å²) < 4.78 is 0. The zero-order chi connectivity index (χ0) is 19.5. The first-order chi connectivity index (χ1) is 13.7. The van der Waals surface area contributed by atoms with Gasteiger partial charge in [-0.2, -0.15) is 0 Å². The van der Waals surface area contributed by atoms with E-state index in [1.165, 1.54) is 0 Å². The second-order valence-electron chi connectivity index (χ2n) is 6.92.